The maximum absolute atomic E-state index is 13.2. The highest BCUT2D eigenvalue weighted by Crippen LogP contribution is 2.29. The standard InChI is InChI=1S/C29H38N2O3S/c1-21-9-7-8-12-24(21)26-19-23(20-31(2)17-15-22-10-5-4-6-11-22)13-14-25(26)28(32)30-27(29(33)34)16-18-35-3/h7-10,12-14,19,27H,4-6,11,15-18,20H2,1-3H3,(H,30,32)(H,33,34)/t27-/m0/s1. The van der Waals surface area contributed by atoms with Crippen LogP contribution in [0.2, 0.25) is 0 Å². The van der Waals surface area contributed by atoms with Gasteiger partial charge in [0.05, 0.1) is 0 Å². The van der Waals surface area contributed by atoms with Crippen LogP contribution < -0.4 is 5.32 Å². The minimum atomic E-state index is -1.00. The molecule has 0 spiro atoms. The number of benzene rings is 2. The number of allylic oxidation sites excluding steroid dienone is 1. The van der Waals surface area contributed by atoms with Gasteiger partial charge in [0, 0.05) is 18.7 Å². The number of nitrogens with one attached hydrogen (secondary N) is 1. The van der Waals surface area contributed by atoms with E-state index < -0.39 is 12.0 Å². The molecule has 2 aromatic carbocycles. The number of aryl methyl sites for hydroxylation is 1. The first-order chi connectivity index (χ1) is 16.9. The van der Waals surface area contributed by atoms with Crippen molar-refractivity contribution in [2.75, 3.05) is 25.6 Å². The molecule has 0 radical (unpaired) electrons. The van der Waals surface area contributed by atoms with Crippen molar-refractivity contribution in [1.29, 1.82) is 0 Å². The van der Waals surface area contributed by atoms with Gasteiger partial charge in [0.25, 0.3) is 5.91 Å². The van der Waals surface area contributed by atoms with E-state index in [2.05, 4.69) is 29.4 Å². The lowest BCUT2D eigenvalue weighted by atomic mass is 9.93. The average molecular weight is 495 g/mol. The van der Waals surface area contributed by atoms with Crippen LogP contribution in [0.4, 0.5) is 0 Å². The number of thioether (sulfide) groups is 1. The average Bonchev–Trinajstić information content (AvgIpc) is 2.86. The molecule has 1 amide bonds. The third-order valence-electron chi connectivity index (χ3n) is 6.63. The highest BCUT2D eigenvalue weighted by molar-refractivity contribution is 7.98. The number of hydrogen-bond acceptors (Lipinski definition) is 4. The van der Waals surface area contributed by atoms with Crippen LogP contribution in [-0.4, -0.2) is 53.5 Å². The Hall–Kier alpha value is -2.57. The van der Waals surface area contributed by atoms with Gasteiger partial charge in [-0.05, 0) is 98.9 Å². The van der Waals surface area contributed by atoms with Crippen LogP contribution in [0.5, 0.6) is 0 Å². The second-order valence-electron chi connectivity index (χ2n) is 9.44. The smallest absolute Gasteiger partial charge is 0.326 e. The van der Waals surface area contributed by atoms with Gasteiger partial charge in [0.2, 0.25) is 0 Å². The molecule has 0 bridgehead atoms. The van der Waals surface area contributed by atoms with Crippen LogP contribution in [0.3, 0.4) is 0 Å². The zero-order valence-corrected chi connectivity index (χ0v) is 22.0. The first-order valence-electron chi connectivity index (χ1n) is 12.5. The number of rotatable bonds is 12. The van der Waals surface area contributed by atoms with Gasteiger partial charge in [-0.25, -0.2) is 4.79 Å². The first kappa shape index (κ1) is 27.0. The molecule has 6 heteroatoms. The lowest BCUT2D eigenvalue weighted by Gasteiger charge is -2.21. The predicted octanol–water partition coefficient (Wildman–Crippen LogP) is 5.92. The molecule has 0 fully saturated rings. The van der Waals surface area contributed by atoms with E-state index in [9.17, 15) is 14.7 Å². The topological polar surface area (TPSA) is 69.6 Å². The Kier molecular flexibility index (Phi) is 10.4. The Balaban J connectivity index is 1.82. The third-order valence-corrected chi connectivity index (χ3v) is 7.27. The van der Waals surface area contributed by atoms with Crippen molar-refractivity contribution in [3.05, 3.63) is 70.8 Å². The van der Waals surface area contributed by atoms with E-state index in [-0.39, 0.29) is 5.91 Å². The van der Waals surface area contributed by atoms with E-state index in [0.29, 0.717) is 17.7 Å². The number of carbonyl (C=O) groups is 2. The Morgan fingerprint density at radius 1 is 1.14 bits per heavy atom. The van der Waals surface area contributed by atoms with Gasteiger partial charge in [-0.1, -0.05) is 42.0 Å². The molecule has 35 heavy (non-hydrogen) atoms. The molecule has 0 saturated carbocycles. The molecule has 2 aromatic rings. The van der Waals surface area contributed by atoms with Gasteiger partial charge in [-0.3, -0.25) is 4.79 Å². The lowest BCUT2D eigenvalue weighted by Crippen LogP contribution is -2.41. The van der Waals surface area contributed by atoms with Crippen LogP contribution in [0.25, 0.3) is 11.1 Å². The van der Waals surface area contributed by atoms with Gasteiger partial charge >= 0.3 is 5.97 Å². The number of carboxylic acid groups (broad SMARTS) is 1. The molecule has 1 aliphatic rings. The number of aliphatic carboxylic acids is 1. The van der Waals surface area contributed by atoms with Gasteiger partial charge in [-0.2, -0.15) is 11.8 Å². The van der Waals surface area contributed by atoms with E-state index in [1.165, 1.54) is 25.7 Å². The molecule has 0 heterocycles. The lowest BCUT2D eigenvalue weighted by molar-refractivity contribution is -0.139. The molecule has 2 N–H and O–H groups in total. The second kappa shape index (κ2) is 13.5. The Labute approximate surface area is 214 Å². The molecule has 1 aliphatic carbocycles. The minimum Gasteiger partial charge on any atom is -0.480 e. The molecule has 3 rings (SSSR count). The number of nitrogens with zero attached hydrogens (tertiary/aromatic N) is 1. The van der Waals surface area contributed by atoms with E-state index in [4.69, 9.17) is 0 Å². The monoisotopic (exact) mass is 494 g/mol. The van der Waals surface area contributed by atoms with Crippen molar-refractivity contribution in [2.24, 2.45) is 0 Å². The predicted molar refractivity (Wildman–Crippen MR) is 146 cm³/mol. The molecule has 0 unspecified atom stereocenters. The van der Waals surface area contributed by atoms with Crippen LogP contribution >= 0.6 is 11.8 Å². The summed E-state index contributed by atoms with van der Waals surface area (Å²) in [4.78, 5) is 27.3. The summed E-state index contributed by atoms with van der Waals surface area (Å²) in [6.07, 6.45) is 10.9. The van der Waals surface area contributed by atoms with Crippen LogP contribution in [0.15, 0.2) is 54.1 Å². The summed E-state index contributed by atoms with van der Waals surface area (Å²) < 4.78 is 0. The minimum absolute atomic E-state index is 0.346. The summed E-state index contributed by atoms with van der Waals surface area (Å²) in [7, 11) is 2.14. The van der Waals surface area contributed by atoms with Gasteiger partial charge < -0.3 is 15.3 Å². The zero-order valence-electron chi connectivity index (χ0n) is 21.2. The quantitative estimate of drug-likeness (QED) is 0.359. The largest absolute Gasteiger partial charge is 0.480 e. The summed E-state index contributed by atoms with van der Waals surface area (Å²) in [5.41, 5.74) is 6.13. The summed E-state index contributed by atoms with van der Waals surface area (Å²) in [5, 5.41) is 12.3. The molecule has 0 aliphatic heterocycles. The molecule has 0 aromatic heterocycles. The normalized spacial score (nSPS) is 14.5. The van der Waals surface area contributed by atoms with Crippen molar-refractivity contribution in [3.63, 3.8) is 0 Å². The van der Waals surface area contributed by atoms with E-state index >= 15 is 0 Å². The van der Waals surface area contributed by atoms with E-state index in [1.807, 2.05) is 49.6 Å². The molecular formula is C29H38N2O3S. The highest BCUT2D eigenvalue weighted by Gasteiger charge is 2.23. The Morgan fingerprint density at radius 2 is 1.94 bits per heavy atom. The van der Waals surface area contributed by atoms with E-state index in [1.54, 1.807) is 17.3 Å². The van der Waals surface area contributed by atoms with Crippen molar-refractivity contribution in [2.45, 2.75) is 58.0 Å². The van der Waals surface area contributed by atoms with Crippen molar-refractivity contribution in [1.82, 2.24) is 10.2 Å². The molecule has 0 saturated heterocycles. The van der Waals surface area contributed by atoms with Crippen molar-refractivity contribution in [3.8, 4) is 11.1 Å². The highest BCUT2D eigenvalue weighted by atomic mass is 32.2. The molecule has 188 valence electrons. The fourth-order valence-corrected chi connectivity index (χ4v) is 5.04. The third kappa shape index (κ3) is 7.97. The van der Waals surface area contributed by atoms with Crippen LogP contribution in [0.1, 0.15) is 60.0 Å². The second-order valence-corrected chi connectivity index (χ2v) is 10.4. The van der Waals surface area contributed by atoms with Crippen molar-refractivity contribution < 1.29 is 14.7 Å². The fraction of sp³-hybridized carbons (Fsp3) is 0.448. The Bertz CT molecular complexity index is 1050. The molecular weight excluding hydrogens is 456 g/mol. The molecule has 1 atom stereocenters. The first-order valence-corrected chi connectivity index (χ1v) is 13.9. The number of hydrogen-bond donors (Lipinski definition) is 2. The molecule has 5 nitrogen and oxygen atoms in total. The van der Waals surface area contributed by atoms with Gasteiger partial charge in [0.15, 0.2) is 0 Å². The van der Waals surface area contributed by atoms with Crippen LogP contribution in [-0.2, 0) is 11.3 Å². The zero-order chi connectivity index (χ0) is 25.2. The van der Waals surface area contributed by atoms with E-state index in [0.717, 1.165) is 41.8 Å². The fourth-order valence-electron chi connectivity index (χ4n) is 4.57. The number of carbonyl (C=O) groups excluding carboxylic acids is 1. The summed E-state index contributed by atoms with van der Waals surface area (Å²) in [5.74, 6) is -0.679. The Morgan fingerprint density at radius 3 is 2.63 bits per heavy atom. The summed E-state index contributed by atoms with van der Waals surface area (Å²) in [6.45, 7) is 3.83. The van der Waals surface area contributed by atoms with Gasteiger partial charge in [-0.15, -0.1) is 0 Å². The maximum Gasteiger partial charge on any atom is 0.326 e. The summed E-state index contributed by atoms with van der Waals surface area (Å²) in [6, 6.07) is 13.0. The number of amides is 1. The summed E-state index contributed by atoms with van der Waals surface area (Å²) >= 11 is 1.57. The van der Waals surface area contributed by atoms with Gasteiger partial charge in [0.1, 0.15) is 6.04 Å². The number of carboxylic acids is 1. The van der Waals surface area contributed by atoms with Crippen molar-refractivity contribution >= 4 is 23.6 Å². The SMILES string of the molecule is CSCC[C@H](NC(=O)c1ccc(CN(C)CCC2=CCCCC2)cc1-c1ccccc1C)C(=O)O. The van der Waals surface area contributed by atoms with Crippen LogP contribution in [0, 0.1) is 6.92 Å². The maximum atomic E-state index is 13.2.